The third kappa shape index (κ3) is 6.37. The number of nitrogens with zero attached hydrogens (tertiary/aromatic N) is 7. The van der Waals surface area contributed by atoms with Crippen molar-refractivity contribution in [3.63, 3.8) is 0 Å². The van der Waals surface area contributed by atoms with Gasteiger partial charge < -0.3 is 24.5 Å². The second-order valence-electron chi connectivity index (χ2n) is 14.9. The van der Waals surface area contributed by atoms with Crippen LogP contribution in [0.5, 0.6) is 5.75 Å². The summed E-state index contributed by atoms with van der Waals surface area (Å²) in [5.41, 5.74) is 4.42. The number of piperidine rings is 1. The number of hydrogen-bond donors (Lipinski definition) is 2. The highest BCUT2D eigenvalue weighted by atomic mass is 19.4. The Kier molecular flexibility index (Phi) is 8.36. The number of carbonyl (C=O) groups is 1. The smallest absolute Gasteiger partial charge is 0.422 e. The molecule has 51 heavy (non-hydrogen) atoms. The van der Waals surface area contributed by atoms with Crippen molar-refractivity contribution in [3.8, 4) is 16.9 Å². The number of likely N-dealkylation sites (N-methyl/N-ethyl adjacent to an activating group) is 1. The molecule has 0 bridgehead atoms. The molecule has 2 aromatic heterocycles. The molecule has 1 spiro atoms. The number of fused-ring (bicyclic) bond motifs is 2. The monoisotopic (exact) mass is 704 g/mol. The van der Waals surface area contributed by atoms with E-state index in [1.54, 1.807) is 6.20 Å². The number of aryl methyl sites for hydroxylation is 1. The first-order chi connectivity index (χ1) is 24.4. The van der Waals surface area contributed by atoms with Gasteiger partial charge in [-0.3, -0.25) is 14.8 Å². The Morgan fingerprint density at radius 3 is 2.57 bits per heavy atom. The Morgan fingerprint density at radius 2 is 1.90 bits per heavy atom. The average Bonchev–Trinajstić information content (AvgIpc) is 3.82. The molecule has 14 heteroatoms. The summed E-state index contributed by atoms with van der Waals surface area (Å²) in [5, 5.41) is 18.6. The van der Waals surface area contributed by atoms with Crippen LogP contribution in [0.15, 0.2) is 37.1 Å². The van der Waals surface area contributed by atoms with Crippen LogP contribution in [0.4, 0.5) is 24.9 Å². The van der Waals surface area contributed by atoms with Gasteiger partial charge in [-0.05, 0) is 73.4 Å². The number of likely N-dealkylation sites (tertiary alicyclic amines) is 2. The lowest BCUT2D eigenvalue weighted by atomic mass is 9.72. The topological polar surface area (TPSA) is 114 Å². The van der Waals surface area contributed by atoms with E-state index in [2.05, 4.69) is 32.6 Å². The van der Waals surface area contributed by atoms with Gasteiger partial charge in [0.05, 0.1) is 17.8 Å². The third-order valence-corrected chi connectivity index (χ3v) is 11.1. The molecule has 8 rings (SSSR count). The minimum atomic E-state index is -4.57. The number of nitrogens with one attached hydrogen (secondary N) is 1. The molecule has 3 saturated heterocycles. The Morgan fingerprint density at radius 1 is 1.16 bits per heavy atom. The maximum Gasteiger partial charge on any atom is 0.422 e. The van der Waals surface area contributed by atoms with Crippen LogP contribution in [0.2, 0.25) is 0 Å². The van der Waals surface area contributed by atoms with E-state index in [1.807, 2.05) is 35.9 Å². The van der Waals surface area contributed by atoms with Gasteiger partial charge in [0.25, 0.3) is 0 Å². The van der Waals surface area contributed by atoms with Gasteiger partial charge in [-0.15, -0.1) is 0 Å². The van der Waals surface area contributed by atoms with Gasteiger partial charge in [0.2, 0.25) is 11.9 Å². The van der Waals surface area contributed by atoms with Crippen molar-refractivity contribution in [3.05, 3.63) is 48.2 Å². The first-order valence-corrected chi connectivity index (χ1v) is 17.7. The highest BCUT2D eigenvalue weighted by Gasteiger charge is 2.46. The summed E-state index contributed by atoms with van der Waals surface area (Å²) in [7, 11) is 1.89. The van der Waals surface area contributed by atoms with E-state index in [9.17, 15) is 23.1 Å². The molecule has 0 unspecified atom stereocenters. The van der Waals surface area contributed by atoms with Gasteiger partial charge in [0, 0.05) is 81.2 Å². The van der Waals surface area contributed by atoms with Crippen molar-refractivity contribution in [2.45, 2.75) is 50.8 Å². The summed E-state index contributed by atoms with van der Waals surface area (Å²) in [5.74, 6) is 1.29. The molecule has 1 aliphatic carbocycles. The molecule has 4 aromatic rings. The van der Waals surface area contributed by atoms with Crippen LogP contribution in [0.3, 0.4) is 0 Å². The molecule has 4 fully saturated rings. The summed E-state index contributed by atoms with van der Waals surface area (Å²) in [4.78, 5) is 30.5. The minimum absolute atomic E-state index is 0.0353. The van der Waals surface area contributed by atoms with E-state index in [0.717, 1.165) is 53.3 Å². The number of halogens is 3. The standard InChI is InChI=1S/C37H43F3N8O3/c1-4-29(50)48-19-36(20-48)9-11-47(12-10-36)34-26-15-25(23-6-7-23)31(30-22(2)5-8-28-27(30)16-41-44-28)33(51-21-37(38,39)40)32(26)42-35(43-34)45(3)13-14-46-17-24(49)18-46/h4-5,8,15-16,23-24,49H,1,6-7,9-14,17-21H2,2-3H3,(H,41,44). The van der Waals surface area contributed by atoms with E-state index < -0.39 is 12.8 Å². The Hall–Kier alpha value is -4.43. The predicted octanol–water partition coefficient (Wildman–Crippen LogP) is 5.03. The summed E-state index contributed by atoms with van der Waals surface area (Å²) in [6.07, 6.45) is 1.74. The van der Waals surface area contributed by atoms with Gasteiger partial charge in [-0.2, -0.15) is 23.3 Å². The van der Waals surface area contributed by atoms with Crippen molar-refractivity contribution < 1.29 is 27.8 Å². The average molecular weight is 705 g/mol. The number of aromatic nitrogens is 4. The van der Waals surface area contributed by atoms with Gasteiger partial charge >= 0.3 is 6.18 Å². The van der Waals surface area contributed by atoms with Crippen molar-refractivity contribution in [1.82, 2.24) is 30.0 Å². The minimum Gasteiger partial charge on any atom is -0.481 e. The van der Waals surface area contributed by atoms with Gasteiger partial charge in [-0.1, -0.05) is 12.6 Å². The number of amides is 1. The van der Waals surface area contributed by atoms with Crippen LogP contribution in [0.1, 0.15) is 42.7 Å². The third-order valence-electron chi connectivity index (χ3n) is 11.1. The van der Waals surface area contributed by atoms with Crippen LogP contribution < -0.4 is 14.5 Å². The summed E-state index contributed by atoms with van der Waals surface area (Å²) in [6.45, 7) is 9.33. The largest absolute Gasteiger partial charge is 0.481 e. The zero-order chi connectivity index (χ0) is 35.7. The molecule has 2 N–H and O–H groups in total. The molecule has 0 radical (unpaired) electrons. The molecular formula is C37H43F3N8O3. The maximum absolute atomic E-state index is 14.0. The Labute approximate surface area is 294 Å². The van der Waals surface area contributed by atoms with Crippen LogP contribution in [-0.2, 0) is 4.79 Å². The number of ether oxygens (including phenoxy) is 1. The van der Waals surface area contributed by atoms with E-state index >= 15 is 0 Å². The molecule has 3 aliphatic heterocycles. The number of H-pyrrole nitrogens is 1. The second kappa shape index (κ2) is 12.7. The number of alkyl halides is 3. The van der Waals surface area contributed by atoms with Crippen LogP contribution in [-0.4, -0.2) is 119 Å². The highest BCUT2D eigenvalue weighted by molar-refractivity contribution is 6.06. The van der Waals surface area contributed by atoms with Crippen molar-refractivity contribution in [2.75, 3.05) is 75.8 Å². The summed E-state index contributed by atoms with van der Waals surface area (Å²) < 4.78 is 48.0. The number of aliphatic hydroxyl groups is 1. The van der Waals surface area contributed by atoms with E-state index in [-0.39, 0.29) is 29.1 Å². The summed E-state index contributed by atoms with van der Waals surface area (Å²) >= 11 is 0. The number of aliphatic hydroxyl groups excluding tert-OH is 1. The SMILES string of the molecule is C=CC(=O)N1CC2(CCN(c3nc(N(C)CCN4CC(O)C4)nc4c(OCC(F)(F)F)c(-c5c(C)ccc6[nH]ncc56)c(C5CC5)cc34)CC2)C1. The second-order valence-corrected chi connectivity index (χ2v) is 14.9. The quantitative estimate of drug-likeness (QED) is 0.220. The van der Waals surface area contributed by atoms with Crippen LogP contribution >= 0.6 is 0 Å². The van der Waals surface area contributed by atoms with E-state index in [1.165, 1.54) is 6.08 Å². The molecule has 1 amide bonds. The van der Waals surface area contributed by atoms with Crippen LogP contribution in [0.25, 0.3) is 32.9 Å². The lowest BCUT2D eigenvalue weighted by Crippen LogP contribution is -2.61. The number of anilines is 2. The number of aromatic amines is 1. The normalized spacial score (nSPS) is 19.4. The number of β-amino-alcohol motifs (C(OH)–C–C–N with tert-alkyl or cyclic N) is 1. The molecule has 1 saturated carbocycles. The molecule has 11 nitrogen and oxygen atoms in total. The molecule has 4 aliphatic rings. The lowest BCUT2D eigenvalue weighted by molar-refractivity contribution is -0.153. The van der Waals surface area contributed by atoms with E-state index in [4.69, 9.17) is 14.7 Å². The number of benzene rings is 2. The highest BCUT2D eigenvalue weighted by Crippen LogP contribution is 2.53. The van der Waals surface area contributed by atoms with E-state index in [0.29, 0.717) is 80.6 Å². The van der Waals surface area contributed by atoms with Crippen molar-refractivity contribution >= 4 is 39.5 Å². The Bertz CT molecular complexity index is 1990. The number of carbonyl (C=O) groups excluding carboxylic acids is 1. The van der Waals surface area contributed by atoms with Gasteiger partial charge in [-0.25, -0.2) is 4.98 Å². The predicted molar refractivity (Wildman–Crippen MR) is 189 cm³/mol. The molecule has 0 atom stereocenters. The zero-order valence-electron chi connectivity index (χ0n) is 29.0. The van der Waals surface area contributed by atoms with Gasteiger partial charge in [0.1, 0.15) is 11.3 Å². The zero-order valence-corrected chi connectivity index (χ0v) is 29.0. The van der Waals surface area contributed by atoms with Crippen molar-refractivity contribution in [1.29, 1.82) is 0 Å². The lowest BCUT2D eigenvalue weighted by Gasteiger charge is -2.54. The van der Waals surface area contributed by atoms with Crippen LogP contribution in [0, 0.1) is 12.3 Å². The first-order valence-electron chi connectivity index (χ1n) is 17.7. The first kappa shape index (κ1) is 33.7. The molecular weight excluding hydrogens is 661 g/mol. The van der Waals surface area contributed by atoms with Gasteiger partial charge in [0.15, 0.2) is 12.4 Å². The van der Waals surface area contributed by atoms with Crippen molar-refractivity contribution in [2.24, 2.45) is 5.41 Å². The molecule has 2 aromatic carbocycles. The Balaban J connectivity index is 1.27. The fourth-order valence-electron chi connectivity index (χ4n) is 8.04. The maximum atomic E-state index is 14.0. The molecule has 5 heterocycles. The fourth-order valence-corrected chi connectivity index (χ4v) is 8.04. The summed E-state index contributed by atoms with van der Waals surface area (Å²) in [6, 6.07) is 5.98. The number of hydrogen-bond acceptors (Lipinski definition) is 9. The number of rotatable bonds is 10. The fraction of sp³-hybridized carbons (Fsp3) is 0.514. The molecule has 270 valence electrons.